The Morgan fingerprint density at radius 1 is 1.12 bits per heavy atom. The summed E-state index contributed by atoms with van der Waals surface area (Å²) in [7, 11) is 0. The molecule has 3 nitrogen and oxygen atoms in total. The summed E-state index contributed by atoms with van der Waals surface area (Å²) >= 11 is 0. The fourth-order valence-corrected chi connectivity index (χ4v) is 3.41. The van der Waals surface area contributed by atoms with Crippen molar-refractivity contribution in [3.05, 3.63) is 65.5 Å². The average Bonchev–Trinajstić information content (AvgIpc) is 2.61. The van der Waals surface area contributed by atoms with Crippen LogP contribution >= 0.6 is 0 Å². The second-order valence-electron chi connectivity index (χ2n) is 7.04. The van der Waals surface area contributed by atoms with Gasteiger partial charge >= 0.3 is 0 Å². The predicted molar refractivity (Wildman–Crippen MR) is 100 cm³/mol. The molecule has 1 aliphatic rings. The molecule has 0 bridgehead atoms. The monoisotopic (exact) mass is 342 g/mol. The van der Waals surface area contributed by atoms with Crippen LogP contribution in [0.5, 0.6) is 0 Å². The molecular weight excluding hydrogens is 315 g/mol. The fraction of sp³-hybridized carbons (Fsp3) is 0.429. The van der Waals surface area contributed by atoms with Gasteiger partial charge in [-0.05, 0) is 55.5 Å². The third-order valence-electron chi connectivity index (χ3n) is 4.83. The number of aliphatic hydroxyl groups excluding tert-OH is 1. The normalized spacial score (nSPS) is 17.4. The van der Waals surface area contributed by atoms with Crippen molar-refractivity contribution in [2.45, 2.75) is 44.9 Å². The maximum absolute atomic E-state index is 13.0. The Morgan fingerprint density at radius 2 is 1.80 bits per heavy atom. The number of benzene rings is 2. The molecule has 2 aromatic rings. The zero-order valence-corrected chi connectivity index (χ0v) is 14.8. The molecule has 1 aliphatic heterocycles. The molecule has 0 saturated carbocycles. The van der Waals surface area contributed by atoms with E-state index in [-0.39, 0.29) is 18.0 Å². The van der Waals surface area contributed by atoms with E-state index in [4.69, 9.17) is 0 Å². The standard InChI is InChI=1S/C21H27FN2O/c1-16(14-17-6-8-19(22)9-7-17)23-21-5-3-2-4-18(21)15-24-12-10-20(25)11-13-24/h2-9,16,20,23,25H,10-15H2,1H3. The molecule has 2 aromatic carbocycles. The largest absolute Gasteiger partial charge is 0.393 e. The average molecular weight is 342 g/mol. The van der Waals surface area contributed by atoms with E-state index in [1.54, 1.807) is 0 Å². The number of hydrogen-bond acceptors (Lipinski definition) is 3. The number of nitrogens with one attached hydrogen (secondary N) is 1. The molecule has 0 amide bonds. The zero-order chi connectivity index (χ0) is 17.6. The first-order chi connectivity index (χ1) is 12.1. The highest BCUT2D eigenvalue weighted by Crippen LogP contribution is 2.21. The Morgan fingerprint density at radius 3 is 2.52 bits per heavy atom. The van der Waals surface area contributed by atoms with Gasteiger partial charge in [0.2, 0.25) is 0 Å². The van der Waals surface area contributed by atoms with Crippen LogP contribution < -0.4 is 5.32 Å². The van der Waals surface area contributed by atoms with Crippen LogP contribution in [0.2, 0.25) is 0 Å². The Bertz CT molecular complexity index is 666. The summed E-state index contributed by atoms with van der Waals surface area (Å²) in [5, 5.41) is 13.3. The van der Waals surface area contributed by atoms with Gasteiger partial charge in [0.1, 0.15) is 5.82 Å². The lowest BCUT2D eigenvalue weighted by Crippen LogP contribution is -2.35. The van der Waals surface area contributed by atoms with Crippen molar-refractivity contribution in [2.75, 3.05) is 18.4 Å². The first-order valence-corrected chi connectivity index (χ1v) is 9.09. The fourth-order valence-electron chi connectivity index (χ4n) is 3.41. The quantitative estimate of drug-likeness (QED) is 0.838. The third-order valence-corrected chi connectivity index (χ3v) is 4.83. The highest BCUT2D eigenvalue weighted by molar-refractivity contribution is 5.51. The maximum Gasteiger partial charge on any atom is 0.123 e. The molecule has 1 fully saturated rings. The molecule has 1 heterocycles. The van der Waals surface area contributed by atoms with Gasteiger partial charge in [-0.15, -0.1) is 0 Å². The minimum absolute atomic E-state index is 0.139. The minimum Gasteiger partial charge on any atom is -0.393 e. The lowest BCUT2D eigenvalue weighted by Gasteiger charge is -2.30. The minimum atomic E-state index is -0.193. The first kappa shape index (κ1) is 17.9. The van der Waals surface area contributed by atoms with E-state index in [1.807, 2.05) is 12.1 Å². The summed E-state index contributed by atoms with van der Waals surface area (Å²) in [6.07, 6.45) is 2.43. The highest BCUT2D eigenvalue weighted by atomic mass is 19.1. The number of halogens is 1. The smallest absolute Gasteiger partial charge is 0.123 e. The number of piperidine rings is 1. The van der Waals surface area contributed by atoms with E-state index in [1.165, 1.54) is 17.7 Å². The number of likely N-dealkylation sites (tertiary alicyclic amines) is 1. The Hall–Kier alpha value is -1.91. The number of anilines is 1. The molecular formula is C21H27FN2O. The van der Waals surface area contributed by atoms with Crippen molar-refractivity contribution in [1.82, 2.24) is 4.90 Å². The predicted octanol–water partition coefficient (Wildman–Crippen LogP) is 3.83. The summed E-state index contributed by atoms with van der Waals surface area (Å²) in [6.45, 7) is 4.94. The van der Waals surface area contributed by atoms with Crippen molar-refractivity contribution in [2.24, 2.45) is 0 Å². The van der Waals surface area contributed by atoms with Gasteiger partial charge < -0.3 is 10.4 Å². The molecule has 3 rings (SSSR count). The maximum atomic E-state index is 13.0. The number of para-hydroxylation sites is 1. The molecule has 0 spiro atoms. The molecule has 0 aliphatic carbocycles. The first-order valence-electron chi connectivity index (χ1n) is 9.09. The summed E-state index contributed by atoms with van der Waals surface area (Å²) in [4.78, 5) is 2.40. The van der Waals surface area contributed by atoms with Crippen molar-refractivity contribution in [3.63, 3.8) is 0 Å². The van der Waals surface area contributed by atoms with Crippen molar-refractivity contribution < 1.29 is 9.50 Å². The van der Waals surface area contributed by atoms with Crippen molar-refractivity contribution in [3.8, 4) is 0 Å². The summed E-state index contributed by atoms with van der Waals surface area (Å²) in [6, 6.07) is 15.4. The van der Waals surface area contributed by atoms with Crippen LogP contribution in [0.1, 0.15) is 30.9 Å². The Kier molecular flexibility index (Phi) is 6.05. The van der Waals surface area contributed by atoms with Crippen LogP contribution in [-0.4, -0.2) is 35.2 Å². The number of hydrogen-bond donors (Lipinski definition) is 2. The van der Waals surface area contributed by atoms with Gasteiger partial charge in [0.15, 0.2) is 0 Å². The van der Waals surface area contributed by atoms with Gasteiger partial charge in [-0.2, -0.15) is 0 Å². The Labute approximate surface area is 149 Å². The molecule has 1 unspecified atom stereocenters. The van der Waals surface area contributed by atoms with Crippen LogP contribution in [0.3, 0.4) is 0 Å². The van der Waals surface area contributed by atoms with Gasteiger partial charge in [0, 0.05) is 31.4 Å². The van der Waals surface area contributed by atoms with Crippen molar-refractivity contribution in [1.29, 1.82) is 0 Å². The second kappa shape index (κ2) is 8.45. The molecule has 25 heavy (non-hydrogen) atoms. The number of nitrogens with zero attached hydrogens (tertiary/aromatic N) is 1. The van der Waals surface area contributed by atoms with Gasteiger partial charge in [-0.25, -0.2) is 4.39 Å². The van der Waals surface area contributed by atoms with E-state index in [9.17, 15) is 9.50 Å². The van der Waals surface area contributed by atoms with Gasteiger partial charge in [-0.3, -0.25) is 4.90 Å². The zero-order valence-electron chi connectivity index (χ0n) is 14.8. The van der Waals surface area contributed by atoms with Crippen molar-refractivity contribution >= 4 is 5.69 Å². The van der Waals surface area contributed by atoms with E-state index in [0.29, 0.717) is 0 Å². The molecule has 1 saturated heterocycles. The molecule has 2 N–H and O–H groups in total. The van der Waals surface area contributed by atoms with Gasteiger partial charge in [-0.1, -0.05) is 30.3 Å². The molecule has 1 atom stereocenters. The summed E-state index contributed by atoms with van der Waals surface area (Å²) in [5.74, 6) is -0.193. The highest BCUT2D eigenvalue weighted by Gasteiger charge is 2.18. The Balaban J connectivity index is 1.61. The molecule has 4 heteroatoms. The van der Waals surface area contributed by atoms with Gasteiger partial charge in [0.25, 0.3) is 0 Å². The SMILES string of the molecule is CC(Cc1ccc(F)cc1)Nc1ccccc1CN1CCC(O)CC1. The lowest BCUT2D eigenvalue weighted by atomic mass is 10.0. The van der Waals surface area contributed by atoms with Crippen LogP contribution in [0.25, 0.3) is 0 Å². The van der Waals surface area contributed by atoms with Crippen LogP contribution in [0, 0.1) is 5.82 Å². The van der Waals surface area contributed by atoms with E-state index >= 15 is 0 Å². The number of aliphatic hydroxyl groups is 1. The second-order valence-corrected chi connectivity index (χ2v) is 7.04. The topological polar surface area (TPSA) is 35.5 Å². The van der Waals surface area contributed by atoms with E-state index < -0.39 is 0 Å². The molecule has 0 radical (unpaired) electrons. The van der Waals surface area contributed by atoms with Crippen LogP contribution in [0.15, 0.2) is 48.5 Å². The number of rotatable bonds is 6. The molecule has 0 aromatic heterocycles. The summed E-state index contributed by atoms with van der Waals surface area (Å²) < 4.78 is 13.0. The van der Waals surface area contributed by atoms with Crippen LogP contribution in [-0.2, 0) is 13.0 Å². The molecule has 134 valence electrons. The van der Waals surface area contributed by atoms with Crippen LogP contribution in [0.4, 0.5) is 10.1 Å². The van der Waals surface area contributed by atoms with Gasteiger partial charge in [0.05, 0.1) is 6.10 Å². The summed E-state index contributed by atoms with van der Waals surface area (Å²) in [5.41, 5.74) is 3.57. The third kappa shape index (κ3) is 5.28. The van der Waals surface area contributed by atoms with E-state index in [2.05, 4.69) is 41.4 Å². The lowest BCUT2D eigenvalue weighted by molar-refractivity contribution is 0.0793. The van der Waals surface area contributed by atoms with E-state index in [0.717, 1.165) is 50.1 Å².